The standard InChI is InChI=1S/C17H20FNO2/c1-12(20)13-8-9-16(15(18)10-13)19(2)11-14-6-4-5-7-17(14)21-3/h4-10,12,20H,11H2,1-3H3. The number of para-hydroxylation sites is 1. The first-order chi connectivity index (χ1) is 10.0. The molecule has 0 aliphatic rings. The Balaban J connectivity index is 2.22. The number of ether oxygens (including phenoxy) is 1. The van der Waals surface area contributed by atoms with Crippen molar-refractivity contribution in [3.05, 3.63) is 59.4 Å². The quantitative estimate of drug-likeness (QED) is 0.914. The molecule has 2 aromatic carbocycles. The number of nitrogens with zero attached hydrogens (tertiary/aromatic N) is 1. The van der Waals surface area contributed by atoms with E-state index in [0.29, 0.717) is 17.8 Å². The summed E-state index contributed by atoms with van der Waals surface area (Å²) in [5, 5.41) is 9.48. The van der Waals surface area contributed by atoms with Crippen LogP contribution in [0.3, 0.4) is 0 Å². The van der Waals surface area contributed by atoms with Gasteiger partial charge in [0.25, 0.3) is 0 Å². The fourth-order valence-corrected chi connectivity index (χ4v) is 2.27. The normalized spacial score (nSPS) is 12.0. The number of rotatable bonds is 5. The third-order valence-corrected chi connectivity index (χ3v) is 3.47. The minimum Gasteiger partial charge on any atom is -0.496 e. The molecule has 2 aromatic rings. The molecule has 112 valence electrons. The maximum absolute atomic E-state index is 14.2. The second-order valence-electron chi connectivity index (χ2n) is 5.05. The molecule has 0 heterocycles. The van der Waals surface area contributed by atoms with E-state index in [-0.39, 0.29) is 5.82 Å². The van der Waals surface area contributed by atoms with Crippen LogP contribution < -0.4 is 9.64 Å². The lowest BCUT2D eigenvalue weighted by Gasteiger charge is -2.22. The number of anilines is 1. The van der Waals surface area contributed by atoms with Crippen molar-refractivity contribution >= 4 is 5.69 Å². The summed E-state index contributed by atoms with van der Waals surface area (Å²) in [7, 11) is 3.45. The number of benzene rings is 2. The summed E-state index contributed by atoms with van der Waals surface area (Å²) < 4.78 is 19.5. The van der Waals surface area contributed by atoms with Crippen molar-refractivity contribution in [3.63, 3.8) is 0 Å². The highest BCUT2D eigenvalue weighted by Crippen LogP contribution is 2.26. The van der Waals surface area contributed by atoms with Crippen molar-refractivity contribution in [1.29, 1.82) is 0 Å². The average molecular weight is 289 g/mol. The second kappa shape index (κ2) is 6.59. The van der Waals surface area contributed by atoms with Gasteiger partial charge in [-0.05, 0) is 30.7 Å². The van der Waals surface area contributed by atoms with Gasteiger partial charge in [0, 0.05) is 19.2 Å². The molecule has 0 aliphatic heterocycles. The number of methoxy groups -OCH3 is 1. The Bertz CT molecular complexity index is 613. The van der Waals surface area contributed by atoms with Gasteiger partial charge in [-0.15, -0.1) is 0 Å². The van der Waals surface area contributed by atoms with Gasteiger partial charge in [0.1, 0.15) is 11.6 Å². The zero-order valence-corrected chi connectivity index (χ0v) is 12.5. The Morgan fingerprint density at radius 1 is 1.24 bits per heavy atom. The first-order valence-corrected chi connectivity index (χ1v) is 6.83. The molecule has 3 nitrogen and oxygen atoms in total. The van der Waals surface area contributed by atoms with Crippen LogP contribution >= 0.6 is 0 Å². The van der Waals surface area contributed by atoms with Gasteiger partial charge < -0.3 is 14.7 Å². The molecule has 0 amide bonds. The largest absolute Gasteiger partial charge is 0.496 e. The second-order valence-corrected chi connectivity index (χ2v) is 5.05. The molecular weight excluding hydrogens is 269 g/mol. The van der Waals surface area contributed by atoms with Crippen LogP contribution in [-0.2, 0) is 6.54 Å². The average Bonchev–Trinajstić information content (AvgIpc) is 2.47. The molecule has 1 unspecified atom stereocenters. The summed E-state index contributed by atoms with van der Waals surface area (Å²) in [6, 6.07) is 12.5. The van der Waals surface area contributed by atoms with E-state index in [2.05, 4.69) is 0 Å². The fourth-order valence-electron chi connectivity index (χ4n) is 2.27. The van der Waals surface area contributed by atoms with Crippen molar-refractivity contribution in [2.45, 2.75) is 19.6 Å². The van der Waals surface area contributed by atoms with Crippen LogP contribution in [0.5, 0.6) is 5.75 Å². The molecule has 0 aromatic heterocycles. The van der Waals surface area contributed by atoms with Crippen LogP contribution in [0, 0.1) is 5.82 Å². The molecule has 2 rings (SSSR count). The summed E-state index contributed by atoms with van der Waals surface area (Å²) in [4.78, 5) is 1.82. The lowest BCUT2D eigenvalue weighted by Crippen LogP contribution is -2.18. The Hall–Kier alpha value is -2.07. The zero-order valence-electron chi connectivity index (χ0n) is 12.5. The predicted octanol–water partition coefficient (Wildman–Crippen LogP) is 3.52. The molecule has 0 radical (unpaired) electrons. The summed E-state index contributed by atoms with van der Waals surface area (Å²) in [6.07, 6.45) is -0.673. The van der Waals surface area contributed by atoms with E-state index in [1.54, 1.807) is 26.2 Å². The van der Waals surface area contributed by atoms with Crippen molar-refractivity contribution in [3.8, 4) is 5.75 Å². The van der Waals surface area contributed by atoms with E-state index in [1.165, 1.54) is 6.07 Å². The van der Waals surface area contributed by atoms with Gasteiger partial charge in [-0.25, -0.2) is 4.39 Å². The Labute approximate surface area is 124 Å². The monoisotopic (exact) mass is 289 g/mol. The number of aliphatic hydroxyl groups is 1. The molecule has 4 heteroatoms. The first-order valence-electron chi connectivity index (χ1n) is 6.83. The van der Waals surface area contributed by atoms with E-state index in [4.69, 9.17) is 4.74 Å². The van der Waals surface area contributed by atoms with E-state index < -0.39 is 6.10 Å². The Kier molecular flexibility index (Phi) is 4.81. The van der Waals surface area contributed by atoms with Gasteiger partial charge in [-0.3, -0.25) is 0 Å². The smallest absolute Gasteiger partial charge is 0.146 e. The van der Waals surface area contributed by atoms with Gasteiger partial charge in [0.05, 0.1) is 18.9 Å². The molecule has 0 fully saturated rings. The number of hydrogen-bond acceptors (Lipinski definition) is 3. The Morgan fingerprint density at radius 2 is 1.95 bits per heavy atom. The highest BCUT2D eigenvalue weighted by molar-refractivity contribution is 5.50. The molecular formula is C17H20FNO2. The maximum Gasteiger partial charge on any atom is 0.146 e. The highest BCUT2D eigenvalue weighted by atomic mass is 19.1. The van der Waals surface area contributed by atoms with E-state index in [0.717, 1.165) is 11.3 Å². The van der Waals surface area contributed by atoms with Crippen LogP contribution in [-0.4, -0.2) is 19.3 Å². The molecule has 0 aliphatic carbocycles. The van der Waals surface area contributed by atoms with Crippen LogP contribution in [0.4, 0.5) is 10.1 Å². The summed E-state index contributed by atoms with van der Waals surface area (Å²) in [6.45, 7) is 2.15. The number of halogens is 1. The van der Waals surface area contributed by atoms with Gasteiger partial charge in [0.15, 0.2) is 0 Å². The summed E-state index contributed by atoms with van der Waals surface area (Å²) in [5.41, 5.74) is 2.05. The number of aliphatic hydroxyl groups excluding tert-OH is 1. The molecule has 0 bridgehead atoms. The molecule has 0 spiro atoms. The van der Waals surface area contributed by atoms with Crippen molar-refractivity contribution < 1.29 is 14.2 Å². The highest BCUT2D eigenvalue weighted by Gasteiger charge is 2.12. The number of hydrogen-bond donors (Lipinski definition) is 1. The van der Waals surface area contributed by atoms with Crippen LogP contribution in [0.15, 0.2) is 42.5 Å². The van der Waals surface area contributed by atoms with Crippen LogP contribution in [0.25, 0.3) is 0 Å². The van der Waals surface area contributed by atoms with E-state index in [1.807, 2.05) is 36.2 Å². The summed E-state index contributed by atoms with van der Waals surface area (Å²) in [5.74, 6) is 0.441. The predicted molar refractivity (Wildman–Crippen MR) is 82.1 cm³/mol. The maximum atomic E-state index is 14.2. The molecule has 21 heavy (non-hydrogen) atoms. The minimum absolute atomic E-state index is 0.342. The van der Waals surface area contributed by atoms with Crippen molar-refractivity contribution in [2.24, 2.45) is 0 Å². The van der Waals surface area contributed by atoms with Crippen LogP contribution in [0.1, 0.15) is 24.2 Å². The lowest BCUT2D eigenvalue weighted by atomic mass is 10.1. The third kappa shape index (κ3) is 3.52. The summed E-state index contributed by atoms with van der Waals surface area (Å²) >= 11 is 0. The molecule has 0 saturated heterocycles. The van der Waals surface area contributed by atoms with Crippen molar-refractivity contribution in [2.75, 3.05) is 19.1 Å². The van der Waals surface area contributed by atoms with Gasteiger partial charge in [-0.1, -0.05) is 24.3 Å². The van der Waals surface area contributed by atoms with Gasteiger partial charge in [0.2, 0.25) is 0 Å². The molecule has 1 N–H and O–H groups in total. The van der Waals surface area contributed by atoms with Gasteiger partial charge >= 0.3 is 0 Å². The third-order valence-electron chi connectivity index (χ3n) is 3.47. The first kappa shape index (κ1) is 15.3. The zero-order chi connectivity index (χ0) is 15.4. The van der Waals surface area contributed by atoms with E-state index >= 15 is 0 Å². The fraction of sp³-hybridized carbons (Fsp3) is 0.294. The molecule has 0 saturated carbocycles. The lowest BCUT2D eigenvalue weighted by molar-refractivity contribution is 0.199. The topological polar surface area (TPSA) is 32.7 Å². The van der Waals surface area contributed by atoms with Crippen molar-refractivity contribution in [1.82, 2.24) is 0 Å². The Morgan fingerprint density at radius 3 is 2.57 bits per heavy atom. The molecule has 1 atom stereocenters. The SMILES string of the molecule is COc1ccccc1CN(C)c1ccc(C(C)O)cc1F. The van der Waals surface area contributed by atoms with E-state index in [9.17, 15) is 9.50 Å². The minimum atomic E-state index is -0.673. The van der Waals surface area contributed by atoms with Gasteiger partial charge in [-0.2, -0.15) is 0 Å². The van der Waals surface area contributed by atoms with Crippen LogP contribution in [0.2, 0.25) is 0 Å².